The molecular formula is C17H13ClF3N3O4. The van der Waals surface area contributed by atoms with Gasteiger partial charge in [0.2, 0.25) is 5.91 Å². The minimum Gasteiger partial charge on any atom is -0.352 e. The van der Waals surface area contributed by atoms with Crippen LogP contribution in [0.15, 0.2) is 42.5 Å². The second kappa shape index (κ2) is 8.70. The Bertz CT molecular complexity index is 902. The van der Waals surface area contributed by atoms with Crippen LogP contribution >= 0.6 is 11.6 Å². The van der Waals surface area contributed by atoms with E-state index in [2.05, 4.69) is 10.6 Å². The molecule has 0 radical (unpaired) electrons. The highest BCUT2D eigenvalue weighted by Crippen LogP contribution is 2.36. The summed E-state index contributed by atoms with van der Waals surface area (Å²) in [7, 11) is 0. The zero-order valence-corrected chi connectivity index (χ0v) is 14.8. The molecule has 0 bridgehead atoms. The normalized spacial score (nSPS) is 11.0. The molecule has 2 rings (SSSR count). The van der Waals surface area contributed by atoms with Gasteiger partial charge in [-0.1, -0.05) is 11.6 Å². The van der Waals surface area contributed by atoms with E-state index in [4.69, 9.17) is 11.6 Å². The molecule has 0 fully saturated rings. The number of carbonyl (C=O) groups is 2. The Hall–Kier alpha value is -3.14. The van der Waals surface area contributed by atoms with E-state index in [1.807, 2.05) is 0 Å². The van der Waals surface area contributed by atoms with Crippen LogP contribution in [0.3, 0.4) is 0 Å². The van der Waals surface area contributed by atoms with Crippen LogP contribution in [0.5, 0.6) is 0 Å². The van der Waals surface area contributed by atoms with E-state index in [-0.39, 0.29) is 29.9 Å². The molecule has 148 valence electrons. The predicted octanol–water partition coefficient (Wildman–Crippen LogP) is 4.03. The largest absolute Gasteiger partial charge is 0.417 e. The Labute approximate surface area is 161 Å². The van der Waals surface area contributed by atoms with Gasteiger partial charge in [0.1, 0.15) is 0 Å². The van der Waals surface area contributed by atoms with Crippen molar-refractivity contribution in [3.05, 3.63) is 68.7 Å². The second-order valence-corrected chi connectivity index (χ2v) is 5.96. The molecule has 0 spiro atoms. The van der Waals surface area contributed by atoms with Crippen molar-refractivity contribution >= 4 is 34.8 Å². The molecule has 0 saturated carbocycles. The summed E-state index contributed by atoms with van der Waals surface area (Å²) < 4.78 is 38.4. The van der Waals surface area contributed by atoms with E-state index >= 15 is 0 Å². The topological polar surface area (TPSA) is 101 Å². The molecule has 0 aromatic heterocycles. The van der Waals surface area contributed by atoms with Crippen molar-refractivity contribution < 1.29 is 27.7 Å². The Morgan fingerprint density at radius 2 is 1.75 bits per heavy atom. The van der Waals surface area contributed by atoms with E-state index in [1.165, 1.54) is 30.3 Å². The lowest BCUT2D eigenvalue weighted by Gasteiger charge is -2.12. The summed E-state index contributed by atoms with van der Waals surface area (Å²) in [6.07, 6.45) is -4.85. The first kappa shape index (κ1) is 21.2. The minimum atomic E-state index is -4.66. The van der Waals surface area contributed by atoms with Gasteiger partial charge in [-0.2, -0.15) is 13.2 Å². The number of nitro benzene ring substituents is 1. The summed E-state index contributed by atoms with van der Waals surface area (Å²) in [5.41, 5.74) is -1.16. The number of nitrogens with zero attached hydrogens (tertiary/aromatic N) is 1. The second-order valence-electron chi connectivity index (χ2n) is 5.55. The summed E-state index contributed by atoms with van der Waals surface area (Å²) in [5, 5.41) is 14.8. The predicted molar refractivity (Wildman–Crippen MR) is 95.1 cm³/mol. The molecule has 0 aliphatic carbocycles. The Morgan fingerprint density at radius 3 is 2.32 bits per heavy atom. The monoisotopic (exact) mass is 415 g/mol. The van der Waals surface area contributed by atoms with Gasteiger partial charge in [-0.25, -0.2) is 0 Å². The molecule has 2 aromatic rings. The summed E-state index contributed by atoms with van der Waals surface area (Å²) in [5.74, 6) is -1.16. The molecule has 7 nitrogen and oxygen atoms in total. The first-order chi connectivity index (χ1) is 13.1. The Morgan fingerprint density at radius 1 is 1.11 bits per heavy atom. The fourth-order valence-electron chi connectivity index (χ4n) is 2.17. The van der Waals surface area contributed by atoms with E-state index in [9.17, 15) is 32.9 Å². The SMILES string of the molecule is O=C(CCNC(=O)c1ccc([N+](=O)[O-])cc1)Nc1ccc(Cl)c(C(F)(F)F)c1. The average molecular weight is 416 g/mol. The number of halogens is 4. The molecule has 0 aliphatic rings. The van der Waals surface area contributed by atoms with Crippen molar-refractivity contribution in [1.82, 2.24) is 5.32 Å². The molecule has 0 atom stereocenters. The zero-order chi connectivity index (χ0) is 20.9. The summed E-state index contributed by atoms with van der Waals surface area (Å²) >= 11 is 5.50. The lowest BCUT2D eigenvalue weighted by atomic mass is 10.2. The summed E-state index contributed by atoms with van der Waals surface area (Å²) in [6, 6.07) is 7.83. The standard InChI is InChI=1S/C17H13ClF3N3O4/c18-14-6-3-11(9-13(14)17(19,20)21)23-15(25)7-8-22-16(26)10-1-4-12(5-2-10)24(27)28/h1-6,9H,7-8H2,(H,22,26)(H,23,25). The van der Waals surface area contributed by atoms with Gasteiger partial charge in [0.15, 0.2) is 0 Å². The van der Waals surface area contributed by atoms with Crippen LogP contribution in [0.4, 0.5) is 24.5 Å². The zero-order valence-electron chi connectivity index (χ0n) is 14.0. The quantitative estimate of drug-likeness (QED) is 0.549. The van der Waals surface area contributed by atoms with Gasteiger partial charge in [0.05, 0.1) is 15.5 Å². The number of carbonyl (C=O) groups excluding carboxylic acids is 2. The molecule has 0 aliphatic heterocycles. The Kier molecular flexibility index (Phi) is 6.57. The number of benzene rings is 2. The van der Waals surface area contributed by atoms with E-state index in [1.54, 1.807) is 0 Å². The van der Waals surface area contributed by atoms with Gasteiger partial charge < -0.3 is 10.6 Å². The lowest BCUT2D eigenvalue weighted by molar-refractivity contribution is -0.384. The molecule has 0 saturated heterocycles. The van der Waals surface area contributed by atoms with Crippen LogP contribution in [0.25, 0.3) is 0 Å². The van der Waals surface area contributed by atoms with Gasteiger partial charge in [0.25, 0.3) is 11.6 Å². The smallest absolute Gasteiger partial charge is 0.352 e. The van der Waals surface area contributed by atoms with Crippen LogP contribution in [0, 0.1) is 10.1 Å². The number of amides is 2. The van der Waals surface area contributed by atoms with Gasteiger partial charge in [-0.15, -0.1) is 0 Å². The van der Waals surface area contributed by atoms with E-state index < -0.39 is 33.5 Å². The van der Waals surface area contributed by atoms with Gasteiger partial charge in [-0.3, -0.25) is 19.7 Å². The number of hydrogen-bond acceptors (Lipinski definition) is 4. The number of non-ortho nitro benzene ring substituents is 1. The third-order valence-corrected chi connectivity index (χ3v) is 3.86. The molecule has 0 unspecified atom stereocenters. The van der Waals surface area contributed by atoms with Crippen molar-refractivity contribution in [2.45, 2.75) is 12.6 Å². The maximum Gasteiger partial charge on any atom is 0.417 e. The molecule has 11 heteroatoms. The van der Waals surface area contributed by atoms with Crippen LogP contribution in [-0.2, 0) is 11.0 Å². The third-order valence-electron chi connectivity index (χ3n) is 3.53. The number of nitrogens with one attached hydrogen (secondary N) is 2. The molecular weight excluding hydrogens is 403 g/mol. The maximum atomic E-state index is 12.8. The Balaban J connectivity index is 1.87. The molecule has 2 aromatic carbocycles. The number of nitro groups is 1. The molecule has 2 amide bonds. The van der Waals surface area contributed by atoms with E-state index in [0.717, 1.165) is 12.1 Å². The van der Waals surface area contributed by atoms with Gasteiger partial charge in [-0.05, 0) is 30.3 Å². The molecule has 28 heavy (non-hydrogen) atoms. The lowest BCUT2D eigenvalue weighted by Crippen LogP contribution is -2.27. The van der Waals surface area contributed by atoms with Crippen LogP contribution < -0.4 is 10.6 Å². The fourth-order valence-corrected chi connectivity index (χ4v) is 2.39. The third kappa shape index (κ3) is 5.68. The van der Waals surface area contributed by atoms with Crippen molar-refractivity contribution in [2.24, 2.45) is 0 Å². The maximum absolute atomic E-state index is 12.8. The van der Waals surface area contributed by atoms with Crippen molar-refractivity contribution in [1.29, 1.82) is 0 Å². The average Bonchev–Trinajstić information content (AvgIpc) is 2.62. The van der Waals surface area contributed by atoms with Crippen molar-refractivity contribution in [3.8, 4) is 0 Å². The van der Waals surface area contributed by atoms with Crippen LogP contribution in [0.2, 0.25) is 5.02 Å². The number of alkyl halides is 3. The van der Waals surface area contributed by atoms with Crippen LogP contribution in [0.1, 0.15) is 22.3 Å². The van der Waals surface area contributed by atoms with Gasteiger partial charge >= 0.3 is 6.18 Å². The molecule has 0 heterocycles. The van der Waals surface area contributed by atoms with E-state index in [0.29, 0.717) is 0 Å². The van der Waals surface area contributed by atoms with Crippen molar-refractivity contribution in [2.75, 3.05) is 11.9 Å². The fraction of sp³-hybridized carbons (Fsp3) is 0.176. The highest BCUT2D eigenvalue weighted by Gasteiger charge is 2.33. The first-order valence-corrected chi connectivity index (χ1v) is 8.15. The minimum absolute atomic E-state index is 0.0802. The highest BCUT2D eigenvalue weighted by molar-refractivity contribution is 6.31. The molecule has 2 N–H and O–H groups in total. The number of anilines is 1. The summed E-state index contributed by atoms with van der Waals surface area (Å²) in [4.78, 5) is 33.7. The summed E-state index contributed by atoms with van der Waals surface area (Å²) in [6.45, 7) is -0.0820. The number of hydrogen-bond donors (Lipinski definition) is 2. The first-order valence-electron chi connectivity index (χ1n) is 7.77. The van der Waals surface area contributed by atoms with Gasteiger partial charge in [0, 0.05) is 36.3 Å². The number of rotatable bonds is 6. The van der Waals surface area contributed by atoms with Crippen LogP contribution in [-0.4, -0.2) is 23.3 Å². The highest BCUT2D eigenvalue weighted by atomic mass is 35.5. The van der Waals surface area contributed by atoms with Crippen molar-refractivity contribution in [3.63, 3.8) is 0 Å².